The minimum absolute atomic E-state index is 0.225. The number of carbonyl (C=O) groups is 1. The summed E-state index contributed by atoms with van der Waals surface area (Å²) in [5.74, 6) is -0.258. The molecule has 0 bridgehead atoms. The highest BCUT2D eigenvalue weighted by atomic mass is 16.5. The van der Waals surface area contributed by atoms with Crippen LogP contribution in [0.25, 0.3) is 0 Å². The van der Waals surface area contributed by atoms with E-state index in [-0.39, 0.29) is 19.1 Å². The van der Waals surface area contributed by atoms with Gasteiger partial charge >= 0.3 is 5.97 Å². The average Bonchev–Trinajstić information content (AvgIpc) is 2.28. The number of benzene rings is 1. The van der Waals surface area contributed by atoms with Crippen LogP contribution in [0, 0.1) is 0 Å². The lowest BCUT2D eigenvalue weighted by Crippen LogP contribution is -2.24. The van der Waals surface area contributed by atoms with E-state index in [2.05, 4.69) is 11.9 Å². The fraction of sp³-hybridized carbons (Fsp3) is 0.250. The van der Waals surface area contributed by atoms with E-state index in [0.29, 0.717) is 6.54 Å². The SMILES string of the molecule is C=CCOC(=O)CNCc1ccccc1. The highest BCUT2D eigenvalue weighted by Crippen LogP contribution is 1.96. The van der Waals surface area contributed by atoms with Gasteiger partial charge < -0.3 is 10.1 Å². The molecule has 0 fully saturated rings. The van der Waals surface area contributed by atoms with Crippen molar-refractivity contribution in [2.75, 3.05) is 13.2 Å². The van der Waals surface area contributed by atoms with Gasteiger partial charge in [-0.15, -0.1) is 0 Å². The van der Waals surface area contributed by atoms with Crippen LogP contribution < -0.4 is 5.32 Å². The quantitative estimate of drug-likeness (QED) is 0.565. The van der Waals surface area contributed by atoms with Gasteiger partial charge in [0.2, 0.25) is 0 Å². The molecule has 0 amide bonds. The van der Waals surface area contributed by atoms with Crippen molar-refractivity contribution in [1.82, 2.24) is 5.32 Å². The summed E-state index contributed by atoms with van der Waals surface area (Å²) >= 11 is 0. The summed E-state index contributed by atoms with van der Waals surface area (Å²) < 4.78 is 4.81. The van der Waals surface area contributed by atoms with Gasteiger partial charge in [0.05, 0.1) is 6.54 Å². The van der Waals surface area contributed by atoms with Gasteiger partial charge in [0, 0.05) is 6.54 Å². The molecule has 3 heteroatoms. The van der Waals surface area contributed by atoms with Crippen molar-refractivity contribution in [2.24, 2.45) is 0 Å². The second kappa shape index (κ2) is 6.79. The molecular formula is C12H15NO2. The van der Waals surface area contributed by atoms with Crippen LogP contribution >= 0.6 is 0 Å². The normalized spacial score (nSPS) is 9.60. The molecule has 0 saturated carbocycles. The van der Waals surface area contributed by atoms with Crippen LogP contribution in [0.15, 0.2) is 43.0 Å². The van der Waals surface area contributed by atoms with Crippen molar-refractivity contribution >= 4 is 5.97 Å². The zero-order valence-electron chi connectivity index (χ0n) is 8.61. The standard InChI is InChI=1S/C12H15NO2/c1-2-8-15-12(14)10-13-9-11-6-4-3-5-7-11/h2-7,13H,1,8-10H2. The highest BCUT2D eigenvalue weighted by Gasteiger charge is 1.99. The fourth-order valence-corrected chi connectivity index (χ4v) is 1.11. The highest BCUT2D eigenvalue weighted by molar-refractivity contribution is 5.71. The van der Waals surface area contributed by atoms with E-state index in [1.54, 1.807) is 6.08 Å². The van der Waals surface area contributed by atoms with Crippen LogP contribution in [0.5, 0.6) is 0 Å². The van der Waals surface area contributed by atoms with Crippen LogP contribution in [0.1, 0.15) is 5.56 Å². The molecule has 0 atom stereocenters. The molecule has 0 aliphatic rings. The van der Waals surface area contributed by atoms with Gasteiger partial charge in [-0.05, 0) is 5.56 Å². The maximum Gasteiger partial charge on any atom is 0.320 e. The van der Waals surface area contributed by atoms with Crippen LogP contribution in [-0.4, -0.2) is 19.1 Å². The summed E-state index contributed by atoms with van der Waals surface area (Å²) in [6.07, 6.45) is 1.55. The smallest absolute Gasteiger partial charge is 0.320 e. The Kier molecular flexibility index (Phi) is 5.19. The first-order chi connectivity index (χ1) is 7.33. The summed E-state index contributed by atoms with van der Waals surface area (Å²) in [6, 6.07) is 9.89. The van der Waals surface area contributed by atoms with Gasteiger partial charge in [0.1, 0.15) is 6.61 Å². The number of hydrogen-bond acceptors (Lipinski definition) is 3. The summed E-state index contributed by atoms with van der Waals surface area (Å²) in [7, 11) is 0. The lowest BCUT2D eigenvalue weighted by molar-refractivity contribution is -0.141. The van der Waals surface area contributed by atoms with Gasteiger partial charge in [-0.1, -0.05) is 43.0 Å². The number of ether oxygens (including phenoxy) is 1. The predicted molar refractivity (Wildman–Crippen MR) is 59.3 cm³/mol. The molecule has 80 valence electrons. The molecule has 1 rings (SSSR count). The first-order valence-electron chi connectivity index (χ1n) is 4.84. The largest absolute Gasteiger partial charge is 0.461 e. The van der Waals surface area contributed by atoms with Gasteiger partial charge in [0.25, 0.3) is 0 Å². The van der Waals surface area contributed by atoms with E-state index in [1.807, 2.05) is 30.3 Å². The summed E-state index contributed by atoms with van der Waals surface area (Å²) in [6.45, 7) is 4.63. The fourth-order valence-electron chi connectivity index (χ4n) is 1.11. The third-order valence-corrected chi connectivity index (χ3v) is 1.80. The Labute approximate surface area is 89.8 Å². The topological polar surface area (TPSA) is 38.3 Å². The van der Waals surface area contributed by atoms with Gasteiger partial charge in [0.15, 0.2) is 0 Å². The number of esters is 1. The molecule has 0 radical (unpaired) electrons. The van der Waals surface area contributed by atoms with Crippen LogP contribution in [0.2, 0.25) is 0 Å². The third kappa shape index (κ3) is 4.98. The molecule has 0 saturated heterocycles. The predicted octanol–water partition coefficient (Wildman–Crippen LogP) is 1.51. The van der Waals surface area contributed by atoms with Gasteiger partial charge in [-0.3, -0.25) is 4.79 Å². The van der Waals surface area contributed by atoms with E-state index in [0.717, 1.165) is 5.56 Å². The number of hydrogen-bond donors (Lipinski definition) is 1. The van der Waals surface area contributed by atoms with E-state index in [4.69, 9.17) is 4.74 Å². The Balaban J connectivity index is 2.16. The van der Waals surface area contributed by atoms with Crippen molar-refractivity contribution < 1.29 is 9.53 Å². The van der Waals surface area contributed by atoms with E-state index in [1.165, 1.54) is 0 Å². The minimum Gasteiger partial charge on any atom is -0.461 e. The Bertz CT molecular complexity index is 309. The second-order valence-corrected chi connectivity index (χ2v) is 3.06. The molecule has 0 heterocycles. The first kappa shape index (κ1) is 11.5. The monoisotopic (exact) mass is 205 g/mol. The minimum atomic E-state index is -0.258. The molecule has 1 N–H and O–H groups in total. The molecular weight excluding hydrogens is 190 g/mol. The Morgan fingerprint density at radius 2 is 2.13 bits per heavy atom. The van der Waals surface area contributed by atoms with Crippen LogP contribution in [0.4, 0.5) is 0 Å². The molecule has 0 aliphatic carbocycles. The molecule has 0 aliphatic heterocycles. The maximum absolute atomic E-state index is 11.1. The Morgan fingerprint density at radius 3 is 2.80 bits per heavy atom. The molecule has 0 spiro atoms. The van der Waals surface area contributed by atoms with E-state index < -0.39 is 0 Å². The van der Waals surface area contributed by atoms with Crippen molar-refractivity contribution in [3.05, 3.63) is 48.6 Å². The van der Waals surface area contributed by atoms with Crippen LogP contribution in [-0.2, 0) is 16.1 Å². The molecule has 0 aromatic heterocycles. The Morgan fingerprint density at radius 1 is 1.40 bits per heavy atom. The summed E-state index contributed by atoms with van der Waals surface area (Å²) in [5, 5.41) is 3.00. The zero-order chi connectivity index (χ0) is 10.9. The van der Waals surface area contributed by atoms with Crippen molar-refractivity contribution in [1.29, 1.82) is 0 Å². The average molecular weight is 205 g/mol. The number of carbonyl (C=O) groups excluding carboxylic acids is 1. The van der Waals surface area contributed by atoms with E-state index >= 15 is 0 Å². The van der Waals surface area contributed by atoms with Crippen molar-refractivity contribution in [3.8, 4) is 0 Å². The lowest BCUT2D eigenvalue weighted by Gasteiger charge is -2.04. The van der Waals surface area contributed by atoms with Gasteiger partial charge in [-0.25, -0.2) is 0 Å². The van der Waals surface area contributed by atoms with E-state index in [9.17, 15) is 4.79 Å². The number of rotatable bonds is 6. The third-order valence-electron chi connectivity index (χ3n) is 1.80. The molecule has 0 unspecified atom stereocenters. The number of nitrogens with one attached hydrogen (secondary N) is 1. The van der Waals surface area contributed by atoms with Crippen molar-refractivity contribution in [3.63, 3.8) is 0 Å². The molecule has 1 aromatic rings. The lowest BCUT2D eigenvalue weighted by atomic mass is 10.2. The second-order valence-electron chi connectivity index (χ2n) is 3.06. The van der Waals surface area contributed by atoms with Gasteiger partial charge in [-0.2, -0.15) is 0 Å². The summed E-state index contributed by atoms with van der Waals surface area (Å²) in [5.41, 5.74) is 1.15. The molecule has 1 aromatic carbocycles. The first-order valence-corrected chi connectivity index (χ1v) is 4.84. The van der Waals surface area contributed by atoms with Crippen molar-refractivity contribution in [2.45, 2.75) is 6.54 Å². The zero-order valence-corrected chi connectivity index (χ0v) is 8.61. The van der Waals surface area contributed by atoms with Crippen LogP contribution in [0.3, 0.4) is 0 Å². The molecule has 3 nitrogen and oxygen atoms in total. The summed E-state index contributed by atoms with van der Waals surface area (Å²) in [4.78, 5) is 11.1. The molecule has 15 heavy (non-hydrogen) atoms. The maximum atomic E-state index is 11.1. The Hall–Kier alpha value is -1.61.